The Morgan fingerprint density at radius 3 is 2.58 bits per heavy atom. The van der Waals surface area contributed by atoms with Gasteiger partial charge >= 0.3 is 17.9 Å². The summed E-state index contributed by atoms with van der Waals surface area (Å²) in [5, 5.41) is 13.0. The van der Waals surface area contributed by atoms with Crippen LogP contribution in [0.2, 0.25) is 0 Å². The van der Waals surface area contributed by atoms with Crippen LogP contribution in [0.3, 0.4) is 0 Å². The van der Waals surface area contributed by atoms with Crippen molar-refractivity contribution in [2.75, 3.05) is 18.0 Å². The second-order valence-corrected chi connectivity index (χ2v) is 13.1. The van der Waals surface area contributed by atoms with Crippen molar-refractivity contribution < 1.29 is 33.8 Å². The number of amides is 1. The van der Waals surface area contributed by atoms with Crippen LogP contribution in [0, 0.1) is 0 Å². The molecular weight excluding hydrogens is 729 g/mol. The number of aliphatic carboxylic acids is 1. The summed E-state index contributed by atoms with van der Waals surface area (Å²) < 4.78 is 12.9. The lowest BCUT2D eigenvalue weighted by molar-refractivity contribution is -0.189. The Kier molecular flexibility index (Phi) is 13.3. The number of carbonyl (C=O) groups is 4. The number of halogens is 2. The molecule has 1 amide bonds. The van der Waals surface area contributed by atoms with E-state index in [2.05, 4.69) is 22.1 Å². The van der Waals surface area contributed by atoms with E-state index in [1.54, 1.807) is 17.6 Å². The number of aromatic nitrogens is 2. The van der Waals surface area contributed by atoms with Crippen molar-refractivity contribution >= 4 is 77.2 Å². The molecule has 0 spiro atoms. The number of anilines is 1. The highest BCUT2D eigenvalue weighted by atomic mass is 35.5. The number of benzene rings is 1. The lowest BCUT2D eigenvalue weighted by Gasteiger charge is -2.35. The Morgan fingerprint density at radius 2 is 1.89 bits per heavy atom. The van der Waals surface area contributed by atoms with E-state index >= 15 is 0 Å². The number of rotatable bonds is 15. The number of unbranched alkanes of at least 4 members (excludes halogenated alkanes) is 2. The molecule has 3 atom stereocenters. The minimum atomic E-state index is -1.97. The lowest BCUT2D eigenvalue weighted by atomic mass is 9.85. The molecule has 17 heteroatoms. The summed E-state index contributed by atoms with van der Waals surface area (Å²) in [6.45, 7) is 4.78. The number of cyclic esters (lactones) is 1. The minimum Gasteiger partial charge on any atom is -0.480 e. The number of carboxylic acids is 1. The van der Waals surface area contributed by atoms with Gasteiger partial charge in [0.2, 0.25) is 11.5 Å². The van der Waals surface area contributed by atoms with Crippen LogP contribution in [0.15, 0.2) is 34.1 Å². The highest BCUT2D eigenvalue weighted by Crippen LogP contribution is 2.47. The summed E-state index contributed by atoms with van der Waals surface area (Å²) >= 11 is 0. The Bertz CT molecular complexity index is 2000. The molecule has 5 heterocycles. The number of nitrogens with zero attached hydrogens (tertiary/aromatic N) is 4. The normalized spacial score (nSPS) is 17.4. The van der Waals surface area contributed by atoms with Gasteiger partial charge in [0.15, 0.2) is 0 Å². The average Bonchev–Trinajstić information content (AvgIpc) is 3.49. The fraction of sp³-hybridized carbons (Fsp3) is 0.472. The second kappa shape index (κ2) is 17.1. The number of fused-ring (bicyclic) bond motifs is 5. The van der Waals surface area contributed by atoms with Gasteiger partial charge in [-0.2, -0.15) is 0 Å². The van der Waals surface area contributed by atoms with Crippen LogP contribution >= 0.6 is 24.8 Å². The molecule has 15 nitrogen and oxygen atoms in total. The molecule has 0 aliphatic carbocycles. The Balaban J connectivity index is 0.00000314. The molecule has 0 unspecified atom stereocenters. The van der Waals surface area contributed by atoms with Crippen molar-refractivity contribution in [3.63, 3.8) is 0 Å². The molecule has 0 saturated carbocycles. The van der Waals surface area contributed by atoms with Crippen LogP contribution in [-0.4, -0.2) is 70.0 Å². The largest absolute Gasteiger partial charge is 0.480 e. The third kappa shape index (κ3) is 7.61. The van der Waals surface area contributed by atoms with Gasteiger partial charge in [0.1, 0.15) is 12.6 Å². The predicted octanol–water partition coefficient (Wildman–Crippen LogP) is 3.56. The van der Waals surface area contributed by atoms with E-state index in [9.17, 15) is 29.1 Å². The third-order valence-corrected chi connectivity index (χ3v) is 9.85. The smallest absolute Gasteiger partial charge is 0.355 e. The lowest BCUT2D eigenvalue weighted by Crippen LogP contribution is -2.49. The van der Waals surface area contributed by atoms with Crippen molar-refractivity contribution in [1.82, 2.24) is 14.9 Å². The maximum Gasteiger partial charge on any atom is 0.355 e. The van der Waals surface area contributed by atoms with Crippen LogP contribution in [-0.2, 0) is 47.4 Å². The van der Waals surface area contributed by atoms with E-state index in [-0.39, 0.29) is 73.9 Å². The first-order valence-corrected chi connectivity index (χ1v) is 17.5. The zero-order chi connectivity index (χ0) is 36.4. The Labute approximate surface area is 318 Å². The summed E-state index contributed by atoms with van der Waals surface area (Å²) in [5.41, 5.74) is 13.7. The van der Waals surface area contributed by atoms with Gasteiger partial charge in [0, 0.05) is 24.1 Å². The molecule has 0 bridgehead atoms. The van der Waals surface area contributed by atoms with Gasteiger partial charge in [-0.15, -0.1) is 24.8 Å². The molecule has 1 aromatic carbocycles. The van der Waals surface area contributed by atoms with Crippen LogP contribution < -0.4 is 27.2 Å². The number of aliphatic imine (C=N–C) groups is 1. The van der Waals surface area contributed by atoms with Crippen molar-refractivity contribution in [2.24, 2.45) is 16.5 Å². The fourth-order valence-electron chi connectivity index (χ4n) is 7.07. The molecule has 2 aromatic heterocycles. The minimum absolute atomic E-state index is 0. The standard InChI is InChI=1S/C36H43N7O8.2ClH/c1-3-5-6-15-42-19-39-24-10-7-11-25-29(24)31(42)20-17-43-27(30(20)40-25)16-22-21(33(43)46)18-50-35(49)36(22,4-2)51-28(44)13-12-26(34(47)48)41-32(45)23(38)9-8-14-37;;/h7,10-11,16,19,23,26H,3-6,8-9,12-15,17-18,37-38H2,1-2H3,(H,41,45)(H,47,48);2*1H/t23-,26-,36-;;/m0../s1. The van der Waals surface area contributed by atoms with Gasteiger partial charge in [-0.1, -0.05) is 32.8 Å². The SMILES string of the molecule is CCCCCN1C=Nc2cccc3nc4c(c1c23)Cn1c-4cc2c(c1=O)COC(=O)[C@@]2(CC)OC(=O)CC[C@H](NC(=O)[C@@H](N)CCCN)C(=O)O.Cl.Cl. The van der Waals surface area contributed by atoms with Gasteiger partial charge in [-0.05, 0) is 56.8 Å². The fourth-order valence-corrected chi connectivity index (χ4v) is 7.07. The van der Waals surface area contributed by atoms with Crippen molar-refractivity contribution in [1.29, 1.82) is 0 Å². The topological polar surface area (TPSA) is 222 Å². The third-order valence-electron chi connectivity index (χ3n) is 9.85. The summed E-state index contributed by atoms with van der Waals surface area (Å²) in [6.07, 6.45) is 4.80. The van der Waals surface area contributed by atoms with Gasteiger partial charge in [0.25, 0.3) is 5.56 Å². The first-order valence-electron chi connectivity index (χ1n) is 17.5. The number of carboxylic acid groups (broad SMARTS) is 1. The van der Waals surface area contributed by atoms with Crippen LogP contribution in [0.1, 0.15) is 81.9 Å². The summed E-state index contributed by atoms with van der Waals surface area (Å²) in [7, 11) is 0. The molecule has 3 aliphatic rings. The van der Waals surface area contributed by atoms with E-state index < -0.39 is 47.9 Å². The zero-order valence-corrected chi connectivity index (χ0v) is 31.2. The molecule has 0 radical (unpaired) electrons. The van der Waals surface area contributed by atoms with Crippen molar-refractivity contribution in [3.8, 4) is 11.4 Å². The molecule has 0 saturated heterocycles. The average molecular weight is 775 g/mol. The number of pyridine rings is 2. The summed E-state index contributed by atoms with van der Waals surface area (Å²) in [5.74, 6) is -3.79. The number of ether oxygens (including phenoxy) is 2. The molecule has 0 fully saturated rings. The quantitative estimate of drug-likeness (QED) is 0.101. The number of carbonyl (C=O) groups excluding carboxylic acids is 3. The number of nitrogens with one attached hydrogen (secondary N) is 1. The van der Waals surface area contributed by atoms with Crippen LogP contribution in [0.25, 0.3) is 22.3 Å². The van der Waals surface area contributed by atoms with Crippen molar-refractivity contribution in [3.05, 3.63) is 51.3 Å². The number of nitrogens with two attached hydrogens (primary N) is 2. The predicted molar refractivity (Wildman–Crippen MR) is 203 cm³/mol. The Hall–Kier alpha value is -4.57. The zero-order valence-electron chi connectivity index (χ0n) is 29.6. The highest BCUT2D eigenvalue weighted by Gasteiger charge is 2.50. The molecule has 6 N–H and O–H groups in total. The second-order valence-electron chi connectivity index (χ2n) is 13.1. The van der Waals surface area contributed by atoms with Gasteiger partial charge in [-0.3, -0.25) is 14.4 Å². The number of hydrogen-bond acceptors (Lipinski definition) is 12. The maximum absolute atomic E-state index is 14.2. The number of hydrogen-bond donors (Lipinski definition) is 4. The molecular formula is C36H45Cl2N7O8. The first kappa shape index (κ1) is 41.2. The molecule has 3 aliphatic heterocycles. The van der Waals surface area contributed by atoms with Gasteiger partial charge in [0.05, 0.1) is 58.2 Å². The van der Waals surface area contributed by atoms with Crippen LogP contribution in [0.5, 0.6) is 0 Å². The molecule has 3 aromatic rings. The van der Waals surface area contributed by atoms with Crippen molar-refractivity contribution in [2.45, 2.75) is 96.1 Å². The van der Waals surface area contributed by atoms with E-state index in [1.807, 2.05) is 24.5 Å². The van der Waals surface area contributed by atoms with Crippen LogP contribution in [0.4, 0.5) is 11.4 Å². The van der Waals surface area contributed by atoms with Gasteiger partial charge in [-0.25, -0.2) is 19.6 Å². The molecule has 6 rings (SSSR count). The van der Waals surface area contributed by atoms with E-state index in [1.165, 1.54) is 0 Å². The number of esters is 2. The molecule has 53 heavy (non-hydrogen) atoms. The monoisotopic (exact) mass is 773 g/mol. The summed E-state index contributed by atoms with van der Waals surface area (Å²) in [4.78, 5) is 77.3. The van der Waals surface area contributed by atoms with E-state index in [0.717, 1.165) is 48.1 Å². The molecule has 286 valence electrons. The highest BCUT2D eigenvalue weighted by molar-refractivity contribution is 6.11. The summed E-state index contributed by atoms with van der Waals surface area (Å²) in [6, 6.07) is 5.02. The van der Waals surface area contributed by atoms with E-state index in [0.29, 0.717) is 29.9 Å². The Morgan fingerprint density at radius 1 is 1.11 bits per heavy atom. The maximum atomic E-state index is 14.2. The van der Waals surface area contributed by atoms with E-state index in [4.69, 9.17) is 25.9 Å². The first-order chi connectivity index (χ1) is 24.5. The van der Waals surface area contributed by atoms with Gasteiger partial charge < -0.3 is 40.8 Å².